The van der Waals surface area contributed by atoms with Gasteiger partial charge < -0.3 is 5.32 Å². The summed E-state index contributed by atoms with van der Waals surface area (Å²) in [6.07, 6.45) is 1.65. The van der Waals surface area contributed by atoms with Gasteiger partial charge in [-0.15, -0.1) is 0 Å². The van der Waals surface area contributed by atoms with Gasteiger partial charge >= 0.3 is 0 Å². The molecule has 0 aliphatic carbocycles. The number of rotatable bonds is 1. The summed E-state index contributed by atoms with van der Waals surface area (Å²) in [5.74, 6) is -2.71. The van der Waals surface area contributed by atoms with Crippen LogP contribution in [0.2, 0.25) is 0 Å². The molecule has 1 N–H and O–H groups in total. The van der Waals surface area contributed by atoms with Crippen LogP contribution in [-0.2, 0) is 19.9 Å². The van der Waals surface area contributed by atoms with Crippen molar-refractivity contribution in [1.29, 1.82) is 0 Å². The number of aryl methyl sites for hydroxylation is 1. The highest BCUT2D eigenvalue weighted by molar-refractivity contribution is 6.25. The van der Waals surface area contributed by atoms with E-state index >= 15 is 0 Å². The van der Waals surface area contributed by atoms with E-state index in [1.54, 1.807) is 0 Å². The van der Waals surface area contributed by atoms with E-state index in [2.05, 4.69) is 10.2 Å². The van der Waals surface area contributed by atoms with E-state index < -0.39 is 23.2 Å². The van der Waals surface area contributed by atoms with Gasteiger partial charge in [-0.05, 0) is 56.6 Å². The van der Waals surface area contributed by atoms with Crippen LogP contribution in [0.5, 0.6) is 0 Å². The molecule has 6 nitrogen and oxygen atoms in total. The Morgan fingerprint density at radius 3 is 2.60 bits per heavy atom. The van der Waals surface area contributed by atoms with Crippen molar-refractivity contribution in [2.24, 2.45) is 11.8 Å². The molecule has 3 saturated heterocycles. The predicted molar refractivity (Wildman–Crippen MR) is 107 cm³/mol. The lowest BCUT2D eigenvalue weighted by Crippen LogP contribution is -2.54. The van der Waals surface area contributed by atoms with Gasteiger partial charge in [0.15, 0.2) is 0 Å². The summed E-state index contributed by atoms with van der Waals surface area (Å²) in [6.45, 7) is 2.63. The van der Waals surface area contributed by atoms with Crippen LogP contribution >= 0.6 is 0 Å². The highest BCUT2D eigenvalue weighted by Gasteiger charge is 2.74. The Labute approximate surface area is 172 Å². The molecule has 3 amide bonds. The van der Waals surface area contributed by atoms with Crippen LogP contribution < -0.4 is 10.2 Å². The van der Waals surface area contributed by atoms with Gasteiger partial charge in [0, 0.05) is 17.3 Å². The molecule has 3 fully saturated rings. The number of carbonyl (C=O) groups excluding carboxylic acids is 3. The number of hydrogen-bond donors (Lipinski definition) is 1. The number of imide groups is 1. The molecule has 2 aromatic carbocycles. The van der Waals surface area contributed by atoms with Gasteiger partial charge in [-0.1, -0.05) is 17.7 Å². The summed E-state index contributed by atoms with van der Waals surface area (Å²) in [5.41, 5.74) is 1.67. The number of fused-ring (bicyclic) bond motifs is 7. The third kappa shape index (κ3) is 1.94. The van der Waals surface area contributed by atoms with Crippen LogP contribution in [0, 0.1) is 24.6 Å². The number of carbonyl (C=O) groups is 3. The fourth-order valence-corrected chi connectivity index (χ4v) is 6.16. The molecule has 0 aromatic heterocycles. The standard InChI is InChI=1S/C23H20FN3O3/c1-12-4-9-16-15(11-12)23(22(30)25-16)19-18(17-3-2-10-26(17)23)20(28)27(21(19)29)14-7-5-13(24)6-8-14/h4-9,11,17-19H,2-3,10H2,1H3,(H,25,30)/t17-,18-,19-,23+/m0/s1. The highest BCUT2D eigenvalue weighted by atomic mass is 19.1. The maximum atomic E-state index is 13.7. The molecule has 4 aliphatic heterocycles. The second-order valence-corrected chi connectivity index (χ2v) is 8.66. The van der Waals surface area contributed by atoms with Crippen molar-refractivity contribution in [3.63, 3.8) is 0 Å². The Kier molecular flexibility index (Phi) is 3.41. The van der Waals surface area contributed by atoms with Crippen molar-refractivity contribution in [3.05, 3.63) is 59.4 Å². The SMILES string of the molecule is Cc1ccc2c(c1)[C@]1(C(=O)N2)[C@@H]2C(=O)N(c3ccc(F)cc3)C(=O)[C@H]2[C@@H]2CCCN21. The molecule has 6 rings (SSSR count). The lowest BCUT2D eigenvalue weighted by Gasteiger charge is -2.36. The largest absolute Gasteiger partial charge is 0.324 e. The topological polar surface area (TPSA) is 69.7 Å². The molecule has 2 aromatic rings. The Bertz CT molecular complexity index is 1130. The first-order chi connectivity index (χ1) is 14.4. The highest BCUT2D eigenvalue weighted by Crippen LogP contribution is 2.60. The zero-order valence-corrected chi connectivity index (χ0v) is 16.4. The van der Waals surface area contributed by atoms with Crippen LogP contribution in [0.3, 0.4) is 0 Å². The molecule has 7 heteroatoms. The van der Waals surface area contributed by atoms with Crippen molar-refractivity contribution in [3.8, 4) is 0 Å². The first kappa shape index (κ1) is 17.8. The summed E-state index contributed by atoms with van der Waals surface area (Å²) in [4.78, 5) is 44.0. The number of anilines is 2. The second-order valence-electron chi connectivity index (χ2n) is 8.66. The third-order valence-electron chi connectivity index (χ3n) is 7.23. The van der Waals surface area contributed by atoms with E-state index in [-0.39, 0.29) is 23.8 Å². The van der Waals surface area contributed by atoms with Gasteiger partial charge in [0.2, 0.25) is 17.7 Å². The fourth-order valence-electron chi connectivity index (χ4n) is 6.16. The van der Waals surface area contributed by atoms with E-state index in [4.69, 9.17) is 0 Å². The molecule has 152 valence electrons. The van der Waals surface area contributed by atoms with Crippen molar-refractivity contribution >= 4 is 29.1 Å². The first-order valence-electron chi connectivity index (χ1n) is 10.3. The monoisotopic (exact) mass is 405 g/mol. The molecule has 4 atom stereocenters. The van der Waals surface area contributed by atoms with Crippen LogP contribution in [0.15, 0.2) is 42.5 Å². The van der Waals surface area contributed by atoms with E-state index in [0.717, 1.165) is 28.9 Å². The van der Waals surface area contributed by atoms with Gasteiger partial charge in [-0.25, -0.2) is 9.29 Å². The van der Waals surface area contributed by atoms with E-state index in [0.29, 0.717) is 17.9 Å². The molecule has 0 saturated carbocycles. The van der Waals surface area contributed by atoms with Gasteiger partial charge in [-0.3, -0.25) is 19.3 Å². The summed E-state index contributed by atoms with van der Waals surface area (Å²) >= 11 is 0. The van der Waals surface area contributed by atoms with E-state index in [9.17, 15) is 18.8 Å². The Balaban J connectivity index is 1.56. The molecular formula is C23H20FN3O3. The second kappa shape index (κ2) is 5.76. The quantitative estimate of drug-likeness (QED) is 0.741. The number of halogens is 1. The summed E-state index contributed by atoms with van der Waals surface area (Å²) < 4.78 is 13.4. The first-order valence-corrected chi connectivity index (χ1v) is 10.3. The Morgan fingerprint density at radius 2 is 1.83 bits per heavy atom. The van der Waals surface area contributed by atoms with Crippen LogP contribution in [0.1, 0.15) is 24.0 Å². The maximum absolute atomic E-state index is 13.7. The minimum absolute atomic E-state index is 0.158. The minimum Gasteiger partial charge on any atom is -0.324 e. The van der Waals surface area contributed by atoms with E-state index in [1.807, 2.05) is 25.1 Å². The van der Waals surface area contributed by atoms with Gasteiger partial charge in [0.1, 0.15) is 11.4 Å². The van der Waals surface area contributed by atoms with Gasteiger partial charge in [0.05, 0.1) is 17.5 Å². The number of nitrogens with one attached hydrogen (secondary N) is 1. The van der Waals surface area contributed by atoms with Crippen LogP contribution in [-0.4, -0.2) is 35.2 Å². The minimum atomic E-state index is -1.17. The number of benzene rings is 2. The molecule has 1 spiro atoms. The van der Waals surface area contributed by atoms with Crippen molar-refractivity contribution in [2.75, 3.05) is 16.8 Å². The molecular weight excluding hydrogens is 385 g/mol. The summed E-state index contributed by atoms with van der Waals surface area (Å²) in [7, 11) is 0. The molecule has 30 heavy (non-hydrogen) atoms. The van der Waals surface area contributed by atoms with Crippen molar-refractivity contribution < 1.29 is 18.8 Å². The average molecular weight is 405 g/mol. The predicted octanol–water partition coefficient (Wildman–Crippen LogP) is 2.57. The average Bonchev–Trinajstić information content (AvgIpc) is 3.42. The smallest absolute Gasteiger partial charge is 0.250 e. The molecule has 0 bridgehead atoms. The lowest BCUT2D eigenvalue weighted by atomic mass is 9.75. The zero-order chi connectivity index (χ0) is 20.8. The fraction of sp³-hybridized carbons (Fsp3) is 0.348. The molecule has 4 aliphatic rings. The Morgan fingerprint density at radius 1 is 1.07 bits per heavy atom. The number of hydrogen-bond acceptors (Lipinski definition) is 4. The normalized spacial score (nSPS) is 32.0. The third-order valence-corrected chi connectivity index (χ3v) is 7.23. The Hall–Kier alpha value is -3.06. The van der Waals surface area contributed by atoms with Crippen molar-refractivity contribution in [1.82, 2.24) is 4.90 Å². The molecule has 0 radical (unpaired) electrons. The molecule has 4 heterocycles. The van der Waals surface area contributed by atoms with Crippen molar-refractivity contribution in [2.45, 2.75) is 31.3 Å². The van der Waals surface area contributed by atoms with Crippen LogP contribution in [0.25, 0.3) is 0 Å². The molecule has 0 unspecified atom stereocenters. The van der Waals surface area contributed by atoms with Crippen LogP contribution in [0.4, 0.5) is 15.8 Å². The zero-order valence-electron chi connectivity index (χ0n) is 16.4. The number of nitrogens with zero attached hydrogens (tertiary/aromatic N) is 2. The lowest BCUT2D eigenvalue weighted by molar-refractivity contribution is -0.135. The van der Waals surface area contributed by atoms with Gasteiger partial charge in [-0.2, -0.15) is 0 Å². The summed E-state index contributed by atoms with van der Waals surface area (Å²) in [5, 5.41) is 2.97. The number of amides is 3. The van der Waals surface area contributed by atoms with E-state index in [1.165, 1.54) is 24.3 Å². The van der Waals surface area contributed by atoms with Gasteiger partial charge in [0.25, 0.3) is 0 Å². The maximum Gasteiger partial charge on any atom is 0.250 e. The summed E-state index contributed by atoms with van der Waals surface area (Å²) in [6, 6.07) is 11.0.